The molecule has 1 heterocycles. The van der Waals surface area contributed by atoms with Crippen molar-refractivity contribution in [2.24, 2.45) is 5.92 Å². The predicted octanol–water partition coefficient (Wildman–Crippen LogP) is 12.4. The van der Waals surface area contributed by atoms with Crippen molar-refractivity contribution in [1.82, 2.24) is 0 Å². The first-order valence-electron chi connectivity index (χ1n) is 16.8. The largest absolute Gasteiger partial charge is 0.334 e. The van der Waals surface area contributed by atoms with Crippen molar-refractivity contribution in [3.05, 3.63) is 174 Å². The van der Waals surface area contributed by atoms with Crippen LogP contribution in [0.1, 0.15) is 37.5 Å². The highest BCUT2D eigenvalue weighted by molar-refractivity contribution is 7.26. The van der Waals surface area contributed by atoms with Crippen LogP contribution in [-0.2, 0) is 5.41 Å². The molecule has 0 saturated carbocycles. The van der Waals surface area contributed by atoms with Crippen LogP contribution in [0, 0.1) is 18.1 Å². The second-order valence-corrected chi connectivity index (χ2v) is 14.7. The molecule has 230 valence electrons. The lowest BCUT2D eigenvalue weighted by molar-refractivity contribution is 0.611. The summed E-state index contributed by atoms with van der Waals surface area (Å²) in [5.41, 5.74) is 12.7. The third-order valence-electron chi connectivity index (χ3n) is 10.4. The number of anilines is 2. The van der Waals surface area contributed by atoms with Gasteiger partial charge in [-0.3, -0.25) is 0 Å². The number of benzene rings is 5. The molecule has 1 aromatic heterocycles. The third kappa shape index (κ3) is 4.54. The molecule has 48 heavy (non-hydrogen) atoms. The molecule has 0 aliphatic heterocycles. The molecule has 0 fully saturated rings. The molecule has 9 rings (SSSR count). The number of allylic oxidation sites excluding steroid dienone is 2. The van der Waals surface area contributed by atoms with E-state index >= 15 is 0 Å². The Kier molecular flexibility index (Phi) is 6.68. The van der Waals surface area contributed by atoms with Crippen LogP contribution < -0.4 is 4.90 Å². The highest BCUT2D eigenvalue weighted by atomic mass is 32.1. The van der Waals surface area contributed by atoms with Gasteiger partial charge < -0.3 is 4.90 Å². The number of thiophene rings is 1. The summed E-state index contributed by atoms with van der Waals surface area (Å²) in [6, 6.07) is 53.3. The first-order chi connectivity index (χ1) is 23.5. The van der Waals surface area contributed by atoms with E-state index in [0.29, 0.717) is 0 Å². The quantitative estimate of drug-likeness (QED) is 0.182. The van der Waals surface area contributed by atoms with Crippen molar-refractivity contribution < 1.29 is 0 Å². The monoisotopic (exact) mass is 633 g/mol. The van der Waals surface area contributed by atoms with Crippen molar-refractivity contribution in [1.29, 1.82) is 0 Å². The molecule has 0 amide bonds. The van der Waals surface area contributed by atoms with E-state index in [2.05, 4.69) is 171 Å². The Hall–Kier alpha value is -5.36. The van der Waals surface area contributed by atoms with E-state index in [1.165, 1.54) is 70.5 Å². The van der Waals surface area contributed by atoms with Crippen molar-refractivity contribution in [3.8, 4) is 22.3 Å². The fourth-order valence-electron chi connectivity index (χ4n) is 7.97. The molecule has 2 aliphatic carbocycles. The van der Waals surface area contributed by atoms with Gasteiger partial charge >= 0.3 is 0 Å². The molecule has 2 heteroatoms. The Labute approximate surface area is 287 Å². The van der Waals surface area contributed by atoms with Crippen LogP contribution in [0.4, 0.5) is 11.4 Å². The summed E-state index contributed by atoms with van der Waals surface area (Å²) < 4.78 is 2.68. The molecular formula is C46H35NS. The average Bonchev–Trinajstić information content (AvgIpc) is 3.62. The number of hydrogen-bond donors (Lipinski definition) is 0. The first-order valence-corrected chi connectivity index (χ1v) is 17.6. The van der Waals surface area contributed by atoms with Gasteiger partial charge in [-0.1, -0.05) is 136 Å². The molecule has 0 N–H and O–H groups in total. The fraction of sp³-hybridized carbons (Fsp3) is 0.130. The van der Waals surface area contributed by atoms with Crippen LogP contribution in [0.2, 0.25) is 0 Å². The van der Waals surface area contributed by atoms with Gasteiger partial charge in [0, 0.05) is 42.5 Å². The van der Waals surface area contributed by atoms with Crippen LogP contribution in [0.5, 0.6) is 0 Å². The summed E-state index contributed by atoms with van der Waals surface area (Å²) in [6.45, 7) is 7.03. The summed E-state index contributed by atoms with van der Waals surface area (Å²) >= 11 is 1.89. The summed E-state index contributed by atoms with van der Waals surface area (Å²) in [5.74, 6) is 0.266. The van der Waals surface area contributed by atoms with E-state index in [0.717, 1.165) is 5.56 Å². The number of nitrogens with zero attached hydrogens (tertiary/aromatic N) is 1. The second kappa shape index (κ2) is 11.1. The molecule has 2 aliphatic rings. The molecule has 6 aromatic carbocycles. The molecule has 0 bridgehead atoms. The smallest absolute Gasteiger partial charge is 0.0585 e. The predicted molar refractivity (Wildman–Crippen MR) is 205 cm³/mol. The van der Waals surface area contributed by atoms with Gasteiger partial charge in [-0.15, -0.1) is 11.3 Å². The van der Waals surface area contributed by atoms with E-state index in [1.807, 2.05) is 23.5 Å². The molecular weight excluding hydrogens is 599 g/mol. The van der Waals surface area contributed by atoms with Crippen molar-refractivity contribution in [3.63, 3.8) is 0 Å². The lowest BCUT2D eigenvalue weighted by Crippen LogP contribution is -2.35. The topological polar surface area (TPSA) is 3.24 Å². The highest BCUT2D eigenvalue weighted by Gasteiger charge is 2.36. The third-order valence-corrected chi connectivity index (χ3v) is 11.6. The van der Waals surface area contributed by atoms with Gasteiger partial charge in [0.2, 0.25) is 0 Å². The minimum Gasteiger partial charge on any atom is -0.334 e. The molecule has 0 spiro atoms. The highest BCUT2D eigenvalue weighted by Crippen LogP contribution is 2.50. The fourth-order valence-corrected chi connectivity index (χ4v) is 9.20. The molecule has 2 unspecified atom stereocenters. The maximum Gasteiger partial charge on any atom is 0.0585 e. The van der Waals surface area contributed by atoms with Crippen LogP contribution in [0.15, 0.2) is 146 Å². The van der Waals surface area contributed by atoms with E-state index in [9.17, 15) is 0 Å². The van der Waals surface area contributed by atoms with Crippen LogP contribution in [0.25, 0.3) is 48.0 Å². The van der Waals surface area contributed by atoms with Gasteiger partial charge in [-0.2, -0.15) is 0 Å². The minimum atomic E-state index is -0.0244. The van der Waals surface area contributed by atoms with Crippen molar-refractivity contribution in [2.45, 2.75) is 32.2 Å². The molecule has 7 aromatic rings. The second-order valence-electron chi connectivity index (χ2n) is 13.6. The molecule has 0 radical (unpaired) electrons. The Morgan fingerprint density at radius 3 is 2.27 bits per heavy atom. The van der Waals surface area contributed by atoms with Crippen LogP contribution >= 0.6 is 11.3 Å². The maximum absolute atomic E-state index is 3.30. The number of rotatable bonds is 5. The molecule has 2 atom stereocenters. The van der Waals surface area contributed by atoms with Gasteiger partial charge in [0.25, 0.3) is 0 Å². The zero-order valence-electron chi connectivity index (χ0n) is 27.4. The average molecular weight is 634 g/mol. The van der Waals surface area contributed by atoms with Gasteiger partial charge in [-0.25, -0.2) is 0 Å². The van der Waals surface area contributed by atoms with Crippen molar-refractivity contribution >= 4 is 48.5 Å². The van der Waals surface area contributed by atoms with E-state index < -0.39 is 0 Å². The zero-order valence-corrected chi connectivity index (χ0v) is 28.2. The minimum absolute atomic E-state index is 0.0244. The van der Waals surface area contributed by atoms with Crippen LogP contribution in [0.3, 0.4) is 0 Å². The van der Waals surface area contributed by atoms with Gasteiger partial charge in [0.15, 0.2) is 0 Å². The Morgan fingerprint density at radius 2 is 1.44 bits per heavy atom. The Morgan fingerprint density at radius 1 is 0.688 bits per heavy atom. The Balaban J connectivity index is 1.15. The SMILES string of the molecule is CC1C=C(c2c#cccc2)C=CC1N(c1ccc(-c2cccc3c2sc2ccccc23)cc1)c1ccc2c(c1)-c1ccccc1C2(C)C. The van der Waals surface area contributed by atoms with E-state index in [-0.39, 0.29) is 17.4 Å². The normalized spacial score (nSPS) is 17.5. The van der Waals surface area contributed by atoms with Crippen LogP contribution in [-0.4, -0.2) is 6.04 Å². The summed E-state index contributed by atoms with van der Waals surface area (Å²) in [6.07, 6.45) is 7.02. The van der Waals surface area contributed by atoms with Gasteiger partial charge in [0.1, 0.15) is 0 Å². The van der Waals surface area contributed by atoms with Gasteiger partial charge in [0.05, 0.1) is 6.04 Å². The van der Waals surface area contributed by atoms with Gasteiger partial charge in [-0.05, 0) is 87.3 Å². The number of fused-ring (bicyclic) bond motifs is 6. The zero-order chi connectivity index (χ0) is 32.4. The standard InChI is InChI=1S/C46H35NS/c1-30-28-33(31-12-5-4-6-13-31)22-27-43(30)47(35-25-26-42-40(29-35)37-14-7-9-18-41(37)46(42,2)3)34-23-20-32(21-24-34)36-16-11-17-39-38-15-8-10-19-44(38)48-45(36)39/h4-5,7-12,14-30,43H,1-3H3. The van der Waals surface area contributed by atoms with Crippen molar-refractivity contribution in [2.75, 3.05) is 4.90 Å². The molecule has 0 saturated heterocycles. The summed E-state index contributed by atoms with van der Waals surface area (Å²) in [4.78, 5) is 2.54. The summed E-state index contributed by atoms with van der Waals surface area (Å²) in [7, 11) is 0. The number of hydrogen-bond acceptors (Lipinski definition) is 2. The lowest BCUT2D eigenvalue weighted by Gasteiger charge is -2.37. The maximum atomic E-state index is 3.30. The van der Waals surface area contributed by atoms with E-state index in [1.54, 1.807) is 0 Å². The summed E-state index contributed by atoms with van der Waals surface area (Å²) in [5, 5.41) is 2.66. The van der Waals surface area contributed by atoms with E-state index in [4.69, 9.17) is 0 Å². The lowest BCUT2D eigenvalue weighted by atomic mass is 9.82. The first kappa shape index (κ1) is 28.8. The Bertz CT molecular complexity index is 2390. The molecule has 1 nitrogen and oxygen atoms in total.